The number of carbonyl (C=O) groups excluding carboxylic acids is 1. The molecule has 0 radical (unpaired) electrons. The highest BCUT2D eigenvalue weighted by molar-refractivity contribution is 5.85. The molecule has 3 atom stereocenters. The summed E-state index contributed by atoms with van der Waals surface area (Å²) in [6, 6.07) is 0. The van der Waals surface area contributed by atoms with Gasteiger partial charge in [0.05, 0.1) is 6.10 Å². The second kappa shape index (κ2) is 11.4. The number of halogens is 1. The maximum atomic E-state index is 12.0. The van der Waals surface area contributed by atoms with Crippen LogP contribution < -0.4 is 10.6 Å². The van der Waals surface area contributed by atoms with Gasteiger partial charge in [0.15, 0.2) is 0 Å². The maximum Gasteiger partial charge on any atom is 0.249 e. The van der Waals surface area contributed by atoms with Crippen LogP contribution in [-0.2, 0) is 9.53 Å². The number of hydrogen-bond donors (Lipinski definition) is 2. The van der Waals surface area contributed by atoms with Crippen LogP contribution in [0.5, 0.6) is 0 Å². The molecule has 0 aromatic rings. The predicted molar refractivity (Wildman–Crippen MR) is 85.4 cm³/mol. The van der Waals surface area contributed by atoms with Gasteiger partial charge in [-0.25, -0.2) is 0 Å². The Hall–Kier alpha value is -0.320. The molecule has 0 saturated heterocycles. The zero-order valence-corrected chi connectivity index (χ0v) is 13.9. The van der Waals surface area contributed by atoms with E-state index in [1.807, 2.05) is 14.0 Å². The molecule has 1 aliphatic rings. The molecule has 2 N–H and O–H groups in total. The number of nitrogens with one attached hydrogen (secondary N) is 2. The van der Waals surface area contributed by atoms with Crippen LogP contribution in [0.25, 0.3) is 0 Å². The molecule has 0 aromatic carbocycles. The van der Waals surface area contributed by atoms with E-state index in [2.05, 4.69) is 17.6 Å². The van der Waals surface area contributed by atoms with Crippen molar-refractivity contribution in [3.05, 3.63) is 0 Å². The van der Waals surface area contributed by atoms with Crippen LogP contribution in [0.4, 0.5) is 0 Å². The third-order valence-electron chi connectivity index (χ3n) is 3.81. The highest BCUT2D eigenvalue weighted by Gasteiger charge is 2.25. The lowest BCUT2D eigenvalue weighted by Crippen LogP contribution is -2.40. The SMILES string of the molecule is CCC(OC1CCCC(C)C1)C(=O)NCCCNC.Cl. The lowest BCUT2D eigenvalue weighted by Gasteiger charge is -2.29. The molecule has 0 heterocycles. The second-order valence-corrected chi connectivity index (χ2v) is 5.67. The Morgan fingerprint density at radius 2 is 2.10 bits per heavy atom. The Kier molecular flexibility index (Phi) is 11.2. The molecule has 3 unspecified atom stereocenters. The third-order valence-corrected chi connectivity index (χ3v) is 3.81. The lowest BCUT2D eigenvalue weighted by atomic mass is 9.88. The summed E-state index contributed by atoms with van der Waals surface area (Å²) >= 11 is 0. The Morgan fingerprint density at radius 1 is 1.35 bits per heavy atom. The van der Waals surface area contributed by atoms with E-state index in [0.29, 0.717) is 0 Å². The highest BCUT2D eigenvalue weighted by atomic mass is 35.5. The Bertz CT molecular complexity index is 264. The molecule has 1 aliphatic carbocycles. The first kappa shape index (κ1) is 19.7. The van der Waals surface area contributed by atoms with Gasteiger partial charge in [0.25, 0.3) is 0 Å². The second-order valence-electron chi connectivity index (χ2n) is 5.67. The Balaban J connectivity index is 0.00000361. The fraction of sp³-hybridized carbons (Fsp3) is 0.933. The zero-order chi connectivity index (χ0) is 14.1. The summed E-state index contributed by atoms with van der Waals surface area (Å²) in [6.45, 7) is 5.94. The molecule has 0 aromatic heterocycles. The van der Waals surface area contributed by atoms with Gasteiger partial charge in [-0.05, 0) is 45.2 Å². The molecule has 1 fully saturated rings. The molecule has 0 bridgehead atoms. The maximum absolute atomic E-state index is 12.0. The van der Waals surface area contributed by atoms with E-state index < -0.39 is 0 Å². The van der Waals surface area contributed by atoms with E-state index in [0.717, 1.165) is 44.7 Å². The molecule has 0 aliphatic heterocycles. The first-order valence-corrected chi connectivity index (χ1v) is 7.75. The van der Waals surface area contributed by atoms with Gasteiger partial charge >= 0.3 is 0 Å². The van der Waals surface area contributed by atoms with E-state index in [-0.39, 0.29) is 30.5 Å². The van der Waals surface area contributed by atoms with Crippen LogP contribution in [0.3, 0.4) is 0 Å². The number of amides is 1. The van der Waals surface area contributed by atoms with E-state index in [4.69, 9.17) is 4.74 Å². The summed E-state index contributed by atoms with van der Waals surface area (Å²) in [6.07, 6.45) is 6.44. The predicted octanol–water partition coefficient (Wildman–Crippen LogP) is 2.51. The zero-order valence-electron chi connectivity index (χ0n) is 13.1. The average molecular weight is 307 g/mol. The topological polar surface area (TPSA) is 50.4 Å². The molecule has 1 amide bonds. The van der Waals surface area contributed by atoms with Crippen LogP contribution in [0.1, 0.15) is 52.4 Å². The van der Waals surface area contributed by atoms with Gasteiger partial charge in [0.2, 0.25) is 5.91 Å². The van der Waals surface area contributed by atoms with Crippen LogP contribution >= 0.6 is 12.4 Å². The van der Waals surface area contributed by atoms with Gasteiger partial charge in [-0.2, -0.15) is 0 Å². The van der Waals surface area contributed by atoms with E-state index in [1.54, 1.807) is 0 Å². The van der Waals surface area contributed by atoms with Crippen LogP contribution in [0.2, 0.25) is 0 Å². The number of carbonyl (C=O) groups is 1. The van der Waals surface area contributed by atoms with Crippen molar-refractivity contribution < 1.29 is 9.53 Å². The Labute approximate surface area is 129 Å². The summed E-state index contributed by atoms with van der Waals surface area (Å²) < 4.78 is 6.00. The molecule has 4 nitrogen and oxygen atoms in total. The normalized spacial score (nSPS) is 23.8. The summed E-state index contributed by atoms with van der Waals surface area (Å²) in [5, 5.41) is 6.04. The van der Waals surface area contributed by atoms with Crippen molar-refractivity contribution >= 4 is 18.3 Å². The van der Waals surface area contributed by atoms with Gasteiger partial charge in [-0.3, -0.25) is 4.79 Å². The molecular weight excluding hydrogens is 276 g/mol. The highest BCUT2D eigenvalue weighted by Crippen LogP contribution is 2.26. The van der Waals surface area contributed by atoms with E-state index in [9.17, 15) is 4.79 Å². The number of ether oxygens (including phenoxy) is 1. The van der Waals surface area contributed by atoms with Crippen molar-refractivity contribution in [1.29, 1.82) is 0 Å². The van der Waals surface area contributed by atoms with Crippen LogP contribution in [0, 0.1) is 5.92 Å². The van der Waals surface area contributed by atoms with Crippen molar-refractivity contribution in [3.8, 4) is 0 Å². The van der Waals surface area contributed by atoms with Crippen molar-refractivity contribution in [2.24, 2.45) is 5.92 Å². The summed E-state index contributed by atoms with van der Waals surface area (Å²) in [5.74, 6) is 0.784. The molecule has 1 saturated carbocycles. The number of rotatable bonds is 8. The number of hydrogen-bond acceptors (Lipinski definition) is 3. The standard InChI is InChI=1S/C15H30N2O2.ClH/c1-4-14(15(18)17-10-6-9-16-3)19-13-8-5-7-12(2)11-13;/h12-14,16H,4-11H2,1-3H3,(H,17,18);1H. The van der Waals surface area contributed by atoms with Crippen molar-refractivity contribution in [3.63, 3.8) is 0 Å². The van der Waals surface area contributed by atoms with Crippen molar-refractivity contribution in [2.45, 2.75) is 64.6 Å². The van der Waals surface area contributed by atoms with Crippen molar-refractivity contribution in [1.82, 2.24) is 10.6 Å². The van der Waals surface area contributed by atoms with Gasteiger partial charge in [0, 0.05) is 6.54 Å². The fourth-order valence-electron chi connectivity index (χ4n) is 2.67. The smallest absolute Gasteiger partial charge is 0.249 e. The van der Waals surface area contributed by atoms with Gasteiger partial charge in [0.1, 0.15) is 6.10 Å². The molecular formula is C15H31ClN2O2. The molecule has 5 heteroatoms. The largest absolute Gasteiger partial charge is 0.365 e. The minimum absolute atomic E-state index is 0. The molecule has 0 spiro atoms. The first-order valence-electron chi connectivity index (χ1n) is 7.75. The van der Waals surface area contributed by atoms with Crippen LogP contribution in [-0.4, -0.2) is 38.3 Å². The van der Waals surface area contributed by atoms with Gasteiger partial charge in [-0.15, -0.1) is 12.4 Å². The lowest BCUT2D eigenvalue weighted by molar-refractivity contribution is -0.139. The van der Waals surface area contributed by atoms with E-state index >= 15 is 0 Å². The summed E-state index contributed by atoms with van der Waals surface area (Å²) in [4.78, 5) is 12.0. The quantitative estimate of drug-likeness (QED) is 0.678. The third kappa shape index (κ3) is 7.46. The fourth-order valence-corrected chi connectivity index (χ4v) is 2.67. The van der Waals surface area contributed by atoms with Crippen molar-refractivity contribution in [2.75, 3.05) is 20.1 Å². The molecule has 120 valence electrons. The monoisotopic (exact) mass is 306 g/mol. The average Bonchev–Trinajstić information content (AvgIpc) is 2.41. The minimum atomic E-state index is -0.273. The Morgan fingerprint density at radius 3 is 2.70 bits per heavy atom. The van der Waals surface area contributed by atoms with Gasteiger partial charge in [-0.1, -0.05) is 26.7 Å². The summed E-state index contributed by atoms with van der Waals surface area (Å²) in [7, 11) is 1.92. The molecule has 20 heavy (non-hydrogen) atoms. The molecule has 1 rings (SSSR count). The first-order chi connectivity index (χ1) is 9.17. The summed E-state index contributed by atoms with van der Waals surface area (Å²) in [5.41, 5.74) is 0. The van der Waals surface area contributed by atoms with Crippen LogP contribution in [0.15, 0.2) is 0 Å². The van der Waals surface area contributed by atoms with Gasteiger partial charge < -0.3 is 15.4 Å². The van der Waals surface area contributed by atoms with E-state index in [1.165, 1.54) is 12.8 Å². The minimum Gasteiger partial charge on any atom is -0.365 e.